The first-order chi connectivity index (χ1) is 12.6. The van der Waals surface area contributed by atoms with Gasteiger partial charge in [-0.15, -0.1) is 10.2 Å². The van der Waals surface area contributed by atoms with E-state index >= 15 is 0 Å². The summed E-state index contributed by atoms with van der Waals surface area (Å²) in [4.78, 5) is 16.1. The smallest absolute Gasteiger partial charge is 0.321 e. The minimum atomic E-state index is -0.514. The Labute approximate surface area is 156 Å². The lowest BCUT2D eigenvalue weighted by molar-refractivity contribution is 0.208. The zero-order chi connectivity index (χ0) is 18.5. The lowest BCUT2D eigenvalue weighted by Crippen LogP contribution is -2.50. The summed E-state index contributed by atoms with van der Waals surface area (Å²) in [6, 6.07) is 7.68. The van der Waals surface area contributed by atoms with Gasteiger partial charge in [-0.2, -0.15) is 0 Å². The van der Waals surface area contributed by atoms with Crippen molar-refractivity contribution in [3.63, 3.8) is 0 Å². The fourth-order valence-corrected chi connectivity index (χ4v) is 2.86. The van der Waals surface area contributed by atoms with Crippen LogP contribution in [0.15, 0.2) is 30.3 Å². The SMILES string of the molecule is CCNc1ccc(N2CCN(C(=O)Nc3ccc(F)c(Cl)c3)CC2)nn1. The molecule has 1 saturated heterocycles. The van der Waals surface area contributed by atoms with Crippen LogP contribution in [0.2, 0.25) is 5.02 Å². The van der Waals surface area contributed by atoms with Crippen molar-refractivity contribution in [2.75, 3.05) is 48.3 Å². The van der Waals surface area contributed by atoms with E-state index in [9.17, 15) is 9.18 Å². The molecule has 0 radical (unpaired) electrons. The Bertz CT molecular complexity index is 764. The molecule has 1 aromatic carbocycles. The van der Waals surface area contributed by atoms with Gasteiger partial charge in [-0.1, -0.05) is 11.6 Å². The van der Waals surface area contributed by atoms with Crippen LogP contribution in [0.5, 0.6) is 0 Å². The zero-order valence-electron chi connectivity index (χ0n) is 14.4. The first-order valence-electron chi connectivity index (χ1n) is 8.40. The number of rotatable bonds is 4. The molecular formula is C17H20ClFN6O. The third-order valence-electron chi connectivity index (χ3n) is 4.07. The largest absolute Gasteiger partial charge is 0.369 e. The standard InChI is InChI=1S/C17H20ClFN6O/c1-2-20-15-5-6-16(23-22-15)24-7-9-25(10-8-24)17(26)21-12-3-4-14(19)13(18)11-12/h3-6,11H,2,7-10H2,1H3,(H,20,22)(H,21,26). The van der Waals surface area contributed by atoms with Crippen molar-refractivity contribution in [2.24, 2.45) is 0 Å². The maximum absolute atomic E-state index is 13.2. The summed E-state index contributed by atoms with van der Waals surface area (Å²) in [5.74, 6) is 1.02. The third kappa shape index (κ3) is 4.32. The average molecular weight is 379 g/mol. The highest BCUT2D eigenvalue weighted by Gasteiger charge is 2.22. The molecule has 2 aromatic rings. The van der Waals surface area contributed by atoms with Crippen LogP contribution in [-0.2, 0) is 0 Å². The Balaban J connectivity index is 1.54. The maximum Gasteiger partial charge on any atom is 0.321 e. The molecule has 0 atom stereocenters. The monoisotopic (exact) mass is 378 g/mol. The molecule has 0 saturated carbocycles. The fraction of sp³-hybridized carbons (Fsp3) is 0.353. The summed E-state index contributed by atoms with van der Waals surface area (Å²) in [5, 5.41) is 14.2. The van der Waals surface area contributed by atoms with Crippen LogP contribution in [0, 0.1) is 5.82 Å². The summed E-state index contributed by atoms with van der Waals surface area (Å²) in [6.45, 7) is 5.22. The second-order valence-corrected chi connectivity index (χ2v) is 6.25. The Morgan fingerprint density at radius 1 is 1.19 bits per heavy atom. The number of benzene rings is 1. The maximum atomic E-state index is 13.2. The highest BCUT2D eigenvalue weighted by molar-refractivity contribution is 6.31. The molecule has 1 aliphatic heterocycles. The first-order valence-corrected chi connectivity index (χ1v) is 8.78. The Hall–Kier alpha value is -2.61. The van der Waals surface area contributed by atoms with Crippen molar-refractivity contribution >= 4 is 35.0 Å². The molecule has 0 spiro atoms. The third-order valence-corrected chi connectivity index (χ3v) is 4.36. The van der Waals surface area contributed by atoms with Crippen LogP contribution in [-0.4, -0.2) is 53.9 Å². The highest BCUT2D eigenvalue weighted by atomic mass is 35.5. The predicted octanol–water partition coefficient (Wildman–Crippen LogP) is 3.06. The van der Waals surface area contributed by atoms with Gasteiger partial charge in [0.2, 0.25) is 0 Å². The van der Waals surface area contributed by atoms with Gasteiger partial charge in [-0.3, -0.25) is 0 Å². The van der Waals surface area contributed by atoms with Crippen LogP contribution < -0.4 is 15.5 Å². The summed E-state index contributed by atoms with van der Waals surface area (Å²) in [7, 11) is 0. The van der Waals surface area contributed by atoms with Crippen LogP contribution in [0.1, 0.15) is 6.92 Å². The molecule has 2 amide bonds. The van der Waals surface area contributed by atoms with E-state index in [-0.39, 0.29) is 11.1 Å². The van der Waals surface area contributed by atoms with E-state index < -0.39 is 5.82 Å². The van der Waals surface area contributed by atoms with Crippen LogP contribution in [0.3, 0.4) is 0 Å². The van der Waals surface area contributed by atoms with Gasteiger partial charge in [0, 0.05) is 38.4 Å². The van der Waals surface area contributed by atoms with E-state index in [2.05, 4.69) is 25.7 Å². The van der Waals surface area contributed by atoms with Gasteiger partial charge in [-0.25, -0.2) is 9.18 Å². The van der Waals surface area contributed by atoms with Crippen LogP contribution in [0.25, 0.3) is 0 Å². The van der Waals surface area contributed by atoms with Crippen molar-refractivity contribution in [1.29, 1.82) is 0 Å². The number of amides is 2. The second kappa shape index (κ2) is 8.18. The van der Waals surface area contributed by atoms with Gasteiger partial charge in [0.15, 0.2) is 5.82 Å². The quantitative estimate of drug-likeness (QED) is 0.855. The second-order valence-electron chi connectivity index (χ2n) is 5.84. The van der Waals surface area contributed by atoms with E-state index in [1.54, 1.807) is 4.90 Å². The summed E-state index contributed by atoms with van der Waals surface area (Å²) in [5.41, 5.74) is 0.466. The Morgan fingerprint density at radius 3 is 2.58 bits per heavy atom. The van der Waals surface area contributed by atoms with Gasteiger partial charge in [0.05, 0.1) is 5.02 Å². The minimum absolute atomic E-state index is 0.0211. The van der Waals surface area contributed by atoms with Crippen molar-refractivity contribution < 1.29 is 9.18 Å². The van der Waals surface area contributed by atoms with Gasteiger partial charge in [0.1, 0.15) is 11.6 Å². The molecule has 7 nitrogen and oxygen atoms in total. The van der Waals surface area contributed by atoms with Gasteiger partial charge >= 0.3 is 6.03 Å². The summed E-state index contributed by atoms with van der Waals surface area (Å²) >= 11 is 5.74. The van der Waals surface area contributed by atoms with E-state index in [0.717, 1.165) is 18.2 Å². The highest BCUT2D eigenvalue weighted by Crippen LogP contribution is 2.20. The molecule has 26 heavy (non-hydrogen) atoms. The number of halogens is 2. The topological polar surface area (TPSA) is 73.4 Å². The molecule has 0 aliphatic carbocycles. The van der Waals surface area contributed by atoms with Crippen molar-refractivity contribution in [3.8, 4) is 0 Å². The zero-order valence-corrected chi connectivity index (χ0v) is 15.1. The number of carbonyl (C=O) groups excluding carboxylic acids is 1. The molecule has 1 aromatic heterocycles. The lowest BCUT2D eigenvalue weighted by Gasteiger charge is -2.35. The van der Waals surface area contributed by atoms with Crippen molar-refractivity contribution in [1.82, 2.24) is 15.1 Å². The number of hydrogen-bond acceptors (Lipinski definition) is 5. The average Bonchev–Trinajstić information content (AvgIpc) is 2.66. The number of aromatic nitrogens is 2. The van der Waals surface area contributed by atoms with Crippen molar-refractivity contribution in [3.05, 3.63) is 41.2 Å². The molecule has 0 bridgehead atoms. The van der Waals surface area contributed by atoms with Gasteiger partial charge < -0.3 is 20.4 Å². The predicted molar refractivity (Wildman–Crippen MR) is 100 cm³/mol. The van der Waals surface area contributed by atoms with E-state index in [1.807, 2.05) is 19.1 Å². The van der Waals surface area contributed by atoms with Crippen LogP contribution in [0.4, 0.5) is 26.5 Å². The number of urea groups is 1. The number of carbonyl (C=O) groups is 1. The molecule has 9 heteroatoms. The van der Waals surface area contributed by atoms with Crippen molar-refractivity contribution in [2.45, 2.75) is 6.92 Å². The lowest BCUT2D eigenvalue weighted by atomic mass is 10.3. The molecule has 3 rings (SSSR count). The summed E-state index contributed by atoms with van der Waals surface area (Å²) in [6.07, 6.45) is 0. The molecular weight excluding hydrogens is 359 g/mol. The number of piperazine rings is 1. The first kappa shape index (κ1) is 18.2. The number of nitrogens with one attached hydrogen (secondary N) is 2. The van der Waals surface area contributed by atoms with Gasteiger partial charge in [0.25, 0.3) is 0 Å². The molecule has 0 unspecified atom stereocenters. The van der Waals surface area contributed by atoms with E-state index in [0.29, 0.717) is 31.9 Å². The number of hydrogen-bond donors (Lipinski definition) is 2. The molecule has 138 valence electrons. The molecule has 1 fully saturated rings. The Kier molecular flexibility index (Phi) is 5.72. The Morgan fingerprint density at radius 2 is 1.96 bits per heavy atom. The molecule has 2 heterocycles. The van der Waals surface area contributed by atoms with Crippen LogP contribution >= 0.6 is 11.6 Å². The van der Waals surface area contributed by atoms with Gasteiger partial charge in [-0.05, 0) is 37.3 Å². The van der Waals surface area contributed by atoms with E-state index in [4.69, 9.17) is 11.6 Å². The molecule has 2 N–H and O–H groups in total. The van der Waals surface area contributed by atoms with E-state index in [1.165, 1.54) is 18.2 Å². The normalized spacial score (nSPS) is 14.3. The summed E-state index contributed by atoms with van der Waals surface area (Å²) < 4.78 is 13.2. The minimum Gasteiger partial charge on any atom is -0.369 e. The fourth-order valence-electron chi connectivity index (χ4n) is 2.68. The number of anilines is 3. The molecule has 1 aliphatic rings. The number of nitrogens with zero attached hydrogens (tertiary/aromatic N) is 4.